The topological polar surface area (TPSA) is 73.7 Å². The molecule has 0 bridgehead atoms. The maximum atomic E-state index is 12.8. The predicted octanol–water partition coefficient (Wildman–Crippen LogP) is 2.74. The summed E-state index contributed by atoms with van der Waals surface area (Å²) >= 11 is 0. The number of fused-ring (bicyclic) bond motifs is 1. The number of carbonyl (C=O) groups is 2. The Hall–Kier alpha value is -3.35. The zero-order valence-corrected chi connectivity index (χ0v) is 15.8. The number of rotatable bonds is 5. The first-order chi connectivity index (χ1) is 13.6. The normalized spacial score (nSPS) is 16.6. The Morgan fingerprint density at radius 1 is 1.14 bits per heavy atom. The van der Waals surface area contributed by atoms with Gasteiger partial charge in [0, 0.05) is 18.9 Å². The monoisotopic (exact) mass is 379 g/mol. The largest absolute Gasteiger partial charge is 0.495 e. The Labute approximate surface area is 162 Å². The lowest BCUT2D eigenvalue weighted by molar-refractivity contribution is -0.141. The molecule has 1 fully saturated rings. The van der Waals surface area contributed by atoms with Gasteiger partial charge < -0.3 is 18.9 Å². The van der Waals surface area contributed by atoms with Crippen LogP contribution in [0.4, 0.5) is 5.69 Å². The predicted molar refractivity (Wildman–Crippen MR) is 104 cm³/mol. The maximum Gasteiger partial charge on any atom is 0.325 e. The number of anilines is 1. The highest BCUT2D eigenvalue weighted by Crippen LogP contribution is 2.37. The number of amides is 1. The third-order valence-corrected chi connectivity index (χ3v) is 5.07. The minimum atomic E-state index is -0.352. The van der Waals surface area contributed by atoms with Gasteiger partial charge in [0.05, 0.1) is 30.9 Å². The number of aromatic nitrogens is 2. The van der Waals surface area contributed by atoms with E-state index in [0.717, 1.165) is 22.5 Å². The van der Waals surface area contributed by atoms with E-state index in [9.17, 15) is 9.59 Å². The molecule has 1 atom stereocenters. The first kappa shape index (κ1) is 18.0. The SMILES string of the molecule is COC(=O)Cn1c(C2CC(=O)N(c3ccccc3OC)C2)nc2ccccc21. The van der Waals surface area contributed by atoms with Crippen molar-refractivity contribution >= 4 is 28.6 Å². The van der Waals surface area contributed by atoms with E-state index in [0.29, 0.717) is 18.7 Å². The van der Waals surface area contributed by atoms with Crippen LogP contribution in [0.1, 0.15) is 18.2 Å². The number of carbonyl (C=O) groups excluding carboxylic acids is 2. The molecule has 1 unspecified atom stereocenters. The Kier molecular flexibility index (Phi) is 4.73. The molecule has 0 N–H and O–H groups in total. The van der Waals surface area contributed by atoms with Crippen molar-refractivity contribution in [3.05, 3.63) is 54.4 Å². The fourth-order valence-electron chi connectivity index (χ4n) is 3.73. The van der Waals surface area contributed by atoms with Crippen LogP contribution in [0.5, 0.6) is 5.75 Å². The molecule has 0 spiro atoms. The Balaban J connectivity index is 1.72. The molecular weight excluding hydrogens is 358 g/mol. The summed E-state index contributed by atoms with van der Waals surface area (Å²) in [5.74, 6) is 0.896. The molecule has 1 saturated heterocycles. The summed E-state index contributed by atoms with van der Waals surface area (Å²) in [5, 5.41) is 0. The molecule has 0 radical (unpaired) electrons. The molecule has 2 aromatic carbocycles. The first-order valence-electron chi connectivity index (χ1n) is 9.07. The van der Waals surface area contributed by atoms with E-state index in [1.54, 1.807) is 12.0 Å². The fraction of sp³-hybridized carbons (Fsp3) is 0.286. The van der Waals surface area contributed by atoms with Crippen molar-refractivity contribution in [3.63, 3.8) is 0 Å². The van der Waals surface area contributed by atoms with Crippen LogP contribution in [-0.4, -0.2) is 42.2 Å². The van der Waals surface area contributed by atoms with E-state index >= 15 is 0 Å². The molecule has 4 rings (SSSR count). The smallest absolute Gasteiger partial charge is 0.325 e. The summed E-state index contributed by atoms with van der Waals surface area (Å²) in [4.78, 5) is 31.2. The van der Waals surface area contributed by atoms with Crippen LogP contribution in [0.3, 0.4) is 0 Å². The van der Waals surface area contributed by atoms with Crippen LogP contribution in [-0.2, 0) is 20.9 Å². The zero-order chi connectivity index (χ0) is 19.7. The quantitative estimate of drug-likeness (QED) is 0.638. The average molecular weight is 379 g/mol. The summed E-state index contributed by atoms with van der Waals surface area (Å²) in [6, 6.07) is 15.1. The van der Waals surface area contributed by atoms with E-state index < -0.39 is 0 Å². The second-order valence-corrected chi connectivity index (χ2v) is 6.70. The van der Waals surface area contributed by atoms with Gasteiger partial charge in [-0.25, -0.2) is 4.98 Å². The molecule has 3 aromatic rings. The Morgan fingerprint density at radius 3 is 2.68 bits per heavy atom. The second kappa shape index (κ2) is 7.34. The van der Waals surface area contributed by atoms with E-state index in [4.69, 9.17) is 14.5 Å². The summed E-state index contributed by atoms with van der Waals surface area (Å²) in [5.41, 5.74) is 2.39. The van der Waals surface area contributed by atoms with Gasteiger partial charge in [0.25, 0.3) is 0 Å². The van der Waals surface area contributed by atoms with E-state index in [1.165, 1.54) is 7.11 Å². The minimum Gasteiger partial charge on any atom is -0.495 e. The molecular formula is C21H21N3O4. The molecule has 7 nitrogen and oxygen atoms in total. The van der Waals surface area contributed by atoms with Crippen LogP contribution in [0, 0.1) is 0 Å². The molecule has 1 amide bonds. The van der Waals surface area contributed by atoms with Crippen molar-refractivity contribution in [2.75, 3.05) is 25.7 Å². The van der Waals surface area contributed by atoms with E-state index in [2.05, 4.69) is 0 Å². The fourth-order valence-corrected chi connectivity index (χ4v) is 3.73. The van der Waals surface area contributed by atoms with Crippen LogP contribution < -0.4 is 9.64 Å². The number of esters is 1. The summed E-state index contributed by atoms with van der Waals surface area (Å²) < 4.78 is 12.1. The highest BCUT2D eigenvalue weighted by Gasteiger charge is 2.36. The first-order valence-corrected chi connectivity index (χ1v) is 9.07. The number of ether oxygens (including phenoxy) is 2. The van der Waals surface area contributed by atoms with Gasteiger partial charge in [-0.3, -0.25) is 9.59 Å². The highest BCUT2D eigenvalue weighted by molar-refractivity contribution is 5.98. The number of methoxy groups -OCH3 is 2. The van der Waals surface area contributed by atoms with Crippen molar-refractivity contribution in [1.82, 2.24) is 9.55 Å². The number of para-hydroxylation sites is 4. The number of hydrogen-bond donors (Lipinski definition) is 0. The van der Waals surface area contributed by atoms with Crippen LogP contribution in [0.25, 0.3) is 11.0 Å². The summed E-state index contributed by atoms with van der Waals surface area (Å²) in [6.45, 7) is 0.537. The number of imidazole rings is 1. The Bertz CT molecular complexity index is 1040. The molecule has 0 saturated carbocycles. The highest BCUT2D eigenvalue weighted by atomic mass is 16.5. The van der Waals surface area contributed by atoms with Gasteiger partial charge in [-0.15, -0.1) is 0 Å². The lowest BCUT2D eigenvalue weighted by Gasteiger charge is -2.19. The van der Waals surface area contributed by atoms with E-state index in [1.807, 2.05) is 53.1 Å². The molecule has 28 heavy (non-hydrogen) atoms. The van der Waals surface area contributed by atoms with E-state index in [-0.39, 0.29) is 24.3 Å². The third kappa shape index (κ3) is 3.09. The molecule has 2 heterocycles. The van der Waals surface area contributed by atoms with Gasteiger partial charge in [0.15, 0.2) is 0 Å². The summed E-state index contributed by atoms with van der Waals surface area (Å²) in [7, 11) is 2.95. The molecule has 144 valence electrons. The zero-order valence-electron chi connectivity index (χ0n) is 15.8. The lowest BCUT2D eigenvalue weighted by Crippen LogP contribution is -2.25. The molecule has 1 aromatic heterocycles. The molecule has 1 aliphatic rings. The number of hydrogen-bond acceptors (Lipinski definition) is 5. The van der Waals surface area contributed by atoms with Crippen LogP contribution in [0.2, 0.25) is 0 Å². The number of benzene rings is 2. The van der Waals surface area contributed by atoms with Gasteiger partial charge in [0.1, 0.15) is 18.1 Å². The minimum absolute atomic E-state index is 0.00572. The van der Waals surface area contributed by atoms with Crippen LogP contribution in [0.15, 0.2) is 48.5 Å². The van der Waals surface area contributed by atoms with Crippen molar-refractivity contribution in [2.24, 2.45) is 0 Å². The molecule has 0 aliphatic carbocycles. The van der Waals surface area contributed by atoms with Crippen molar-refractivity contribution in [1.29, 1.82) is 0 Å². The van der Waals surface area contributed by atoms with Crippen molar-refractivity contribution in [2.45, 2.75) is 18.9 Å². The van der Waals surface area contributed by atoms with Crippen LogP contribution >= 0.6 is 0 Å². The average Bonchev–Trinajstić information content (AvgIpc) is 3.28. The molecule has 7 heteroatoms. The second-order valence-electron chi connectivity index (χ2n) is 6.70. The van der Waals surface area contributed by atoms with Crippen molar-refractivity contribution < 1.29 is 19.1 Å². The van der Waals surface area contributed by atoms with Gasteiger partial charge >= 0.3 is 5.97 Å². The Morgan fingerprint density at radius 2 is 1.89 bits per heavy atom. The summed E-state index contributed by atoms with van der Waals surface area (Å²) in [6.07, 6.45) is 0.322. The van der Waals surface area contributed by atoms with Gasteiger partial charge in [-0.05, 0) is 24.3 Å². The van der Waals surface area contributed by atoms with Crippen molar-refractivity contribution in [3.8, 4) is 5.75 Å². The standard InChI is InChI=1S/C21H21N3O4/c1-27-18-10-6-5-9-17(18)23-12-14(11-19(23)25)21-22-15-7-3-4-8-16(15)24(21)13-20(26)28-2/h3-10,14H,11-13H2,1-2H3. The third-order valence-electron chi connectivity index (χ3n) is 5.07. The lowest BCUT2D eigenvalue weighted by atomic mass is 10.1. The van der Waals surface area contributed by atoms with Gasteiger partial charge in [-0.1, -0.05) is 24.3 Å². The number of nitrogens with zero attached hydrogens (tertiary/aromatic N) is 3. The van der Waals surface area contributed by atoms with Gasteiger partial charge in [-0.2, -0.15) is 0 Å². The molecule has 1 aliphatic heterocycles. The maximum absolute atomic E-state index is 12.8. The van der Waals surface area contributed by atoms with Gasteiger partial charge in [0.2, 0.25) is 5.91 Å².